The van der Waals surface area contributed by atoms with E-state index in [1.54, 1.807) is 20.2 Å². The average molecular weight is 505 g/mol. The zero-order valence-corrected chi connectivity index (χ0v) is 18.3. The van der Waals surface area contributed by atoms with Crippen molar-refractivity contribution in [3.63, 3.8) is 0 Å². The number of nitrogens with one attached hydrogen (secondary N) is 3. The molecule has 10 heteroatoms. The smallest absolute Gasteiger partial charge is 0.242 e. The lowest BCUT2D eigenvalue weighted by Crippen LogP contribution is -2.41. The van der Waals surface area contributed by atoms with Gasteiger partial charge in [0.2, 0.25) is 10.0 Å². The molecule has 1 heterocycles. The zero-order chi connectivity index (χ0) is 18.8. The van der Waals surface area contributed by atoms with Crippen molar-refractivity contribution in [2.75, 3.05) is 27.2 Å². The van der Waals surface area contributed by atoms with E-state index < -0.39 is 10.0 Å². The molecular formula is C17H24IN5O3S. The molecule has 0 aliphatic rings. The van der Waals surface area contributed by atoms with Crippen LogP contribution in [-0.2, 0) is 16.6 Å². The normalized spacial score (nSPS) is 11.4. The van der Waals surface area contributed by atoms with Gasteiger partial charge in [-0.05, 0) is 29.8 Å². The summed E-state index contributed by atoms with van der Waals surface area (Å²) in [4.78, 5) is 8.07. The molecule has 0 atom stereocenters. The minimum atomic E-state index is -3.55. The third-order valence-electron chi connectivity index (χ3n) is 3.50. The van der Waals surface area contributed by atoms with Gasteiger partial charge in [-0.25, -0.2) is 13.1 Å². The summed E-state index contributed by atoms with van der Waals surface area (Å²) < 4.78 is 31.8. The van der Waals surface area contributed by atoms with Crippen molar-refractivity contribution < 1.29 is 13.2 Å². The quantitative estimate of drug-likeness (QED) is 0.217. The van der Waals surface area contributed by atoms with Crippen molar-refractivity contribution in [1.29, 1.82) is 0 Å². The second kappa shape index (κ2) is 11.7. The molecule has 0 unspecified atom stereocenters. The first-order valence-corrected chi connectivity index (χ1v) is 9.50. The molecular weight excluding hydrogens is 481 g/mol. The van der Waals surface area contributed by atoms with Crippen LogP contribution in [0.1, 0.15) is 5.56 Å². The van der Waals surface area contributed by atoms with Gasteiger partial charge >= 0.3 is 0 Å². The third kappa shape index (κ3) is 7.69. The van der Waals surface area contributed by atoms with E-state index in [2.05, 4.69) is 25.3 Å². The predicted octanol–water partition coefficient (Wildman–Crippen LogP) is 1.35. The molecule has 27 heavy (non-hydrogen) atoms. The number of hydrogen-bond acceptors (Lipinski definition) is 5. The van der Waals surface area contributed by atoms with Crippen molar-refractivity contribution in [2.24, 2.45) is 4.99 Å². The molecule has 148 valence electrons. The molecule has 0 aliphatic carbocycles. The van der Waals surface area contributed by atoms with Crippen LogP contribution < -0.4 is 20.1 Å². The average Bonchev–Trinajstić information content (AvgIpc) is 2.68. The Balaban J connectivity index is 0.00000364. The van der Waals surface area contributed by atoms with Gasteiger partial charge in [-0.15, -0.1) is 24.0 Å². The fourth-order valence-corrected chi connectivity index (χ4v) is 3.10. The Morgan fingerprint density at radius 3 is 2.48 bits per heavy atom. The summed E-state index contributed by atoms with van der Waals surface area (Å²) in [6.07, 6.45) is 2.84. The highest BCUT2D eigenvalue weighted by atomic mass is 127. The van der Waals surface area contributed by atoms with Gasteiger partial charge in [0, 0.05) is 39.1 Å². The molecule has 1 aromatic heterocycles. The Kier molecular flexibility index (Phi) is 10.0. The number of halogens is 1. The van der Waals surface area contributed by atoms with Gasteiger partial charge in [-0.3, -0.25) is 9.98 Å². The third-order valence-corrected chi connectivity index (χ3v) is 4.94. The van der Waals surface area contributed by atoms with E-state index in [0.29, 0.717) is 19.0 Å². The number of nitrogens with zero attached hydrogens (tertiary/aromatic N) is 2. The van der Waals surface area contributed by atoms with Crippen molar-refractivity contribution in [2.45, 2.75) is 11.4 Å². The Morgan fingerprint density at radius 2 is 1.89 bits per heavy atom. The fourth-order valence-electron chi connectivity index (χ4n) is 2.11. The Bertz CT molecular complexity index is 814. The minimum absolute atomic E-state index is 0. The molecule has 1 aromatic carbocycles. The Labute approximate surface area is 176 Å². The minimum Gasteiger partial charge on any atom is -0.497 e. The molecule has 0 saturated heterocycles. The van der Waals surface area contributed by atoms with Gasteiger partial charge in [-0.2, -0.15) is 0 Å². The van der Waals surface area contributed by atoms with Crippen LogP contribution in [0.3, 0.4) is 0 Å². The van der Waals surface area contributed by atoms with Crippen LogP contribution in [-0.4, -0.2) is 46.6 Å². The van der Waals surface area contributed by atoms with E-state index in [4.69, 9.17) is 4.74 Å². The first kappa shape index (κ1) is 23.1. The van der Waals surface area contributed by atoms with Gasteiger partial charge in [0.25, 0.3) is 0 Å². The van der Waals surface area contributed by atoms with E-state index >= 15 is 0 Å². The van der Waals surface area contributed by atoms with Gasteiger partial charge in [-0.1, -0.05) is 12.1 Å². The fraction of sp³-hybridized carbons (Fsp3) is 0.294. The lowest BCUT2D eigenvalue weighted by atomic mass is 10.2. The first-order chi connectivity index (χ1) is 12.5. The predicted molar refractivity (Wildman–Crippen MR) is 116 cm³/mol. The van der Waals surface area contributed by atoms with Gasteiger partial charge < -0.3 is 15.4 Å². The summed E-state index contributed by atoms with van der Waals surface area (Å²) >= 11 is 0. The summed E-state index contributed by atoms with van der Waals surface area (Å²) in [5, 5.41) is 6.22. The number of sulfonamides is 1. The van der Waals surface area contributed by atoms with E-state index in [9.17, 15) is 8.42 Å². The molecule has 3 N–H and O–H groups in total. The van der Waals surface area contributed by atoms with Crippen LogP contribution in [0.25, 0.3) is 0 Å². The number of hydrogen-bond donors (Lipinski definition) is 3. The lowest BCUT2D eigenvalue weighted by molar-refractivity contribution is 0.414. The number of benzene rings is 1. The lowest BCUT2D eigenvalue weighted by Gasteiger charge is -2.13. The van der Waals surface area contributed by atoms with E-state index in [1.807, 2.05) is 24.3 Å². The van der Waals surface area contributed by atoms with Crippen molar-refractivity contribution in [1.82, 2.24) is 20.3 Å². The molecule has 0 radical (unpaired) electrons. The number of pyridine rings is 1. The largest absolute Gasteiger partial charge is 0.497 e. The summed E-state index contributed by atoms with van der Waals surface area (Å²) in [5.74, 6) is 1.39. The summed E-state index contributed by atoms with van der Waals surface area (Å²) in [6.45, 7) is 1.20. The second-order valence-electron chi connectivity index (χ2n) is 5.29. The van der Waals surface area contributed by atoms with E-state index in [-0.39, 0.29) is 35.4 Å². The van der Waals surface area contributed by atoms with Crippen LogP contribution >= 0.6 is 24.0 Å². The van der Waals surface area contributed by atoms with Crippen molar-refractivity contribution >= 4 is 40.0 Å². The van der Waals surface area contributed by atoms with E-state index in [0.717, 1.165) is 11.3 Å². The number of guanidine groups is 1. The van der Waals surface area contributed by atoms with Crippen LogP contribution in [0.2, 0.25) is 0 Å². The zero-order valence-electron chi connectivity index (χ0n) is 15.2. The first-order valence-electron chi connectivity index (χ1n) is 8.02. The molecule has 0 aliphatic heterocycles. The topological polar surface area (TPSA) is 105 Å². The molecule has 0 spiro atoms. The number of rotatable bonds is 8. The number of aromatic nitrogens is 1. The van der Waals surface area contributed by atoms with E-state index in [1.165, 1.54) is 18.5 Å². The maximum Gasteiger partial charge on any atom is 0.242 e. The maximum absolute atomic E-state index is 12.1. The monoisotopic (exact) mass is 505 g/mol. The highest BCUT2D eigenvalue weighted by Crippen LogP contribution is 2.10. The number of aliphatic imine (C=N–C) groups is 1. The van der Waals surface area contributed by atoms with Crippen LogP contribution in [0, 0.1) is 0 Å². The van der Waals surface area contributed by atoms with Crippen LogP contribution in [0.5, 0.6) is 5.75 Å². The maximum atomic E-state index is 12.1. The number of methoxy groups -OCH3 is 1. The summed E-state index contributed by atoms with van der Waals surface area (Å²) in [5.41, 5.74) is 1.08. The SMILES string of the molecule is CN=C(NCCNS(=O)(=O)c1cccnc1)NCc1ccc(OC)cc1.I. The van der Waals surface area contributed by atoms with Gasteiger partial charge in [0.1, 0.15) is 10.6 Å². The highest BCUT2D eigenvalue weighted by Gasteiger charge is 2.12. The molecule has 2 aromatic rings. The Morgan fingerprint density at radius 1 is 1.15 bits per heavy atom. The summed E-state index contributed by atoms with van der Waals surface area (Å²) in [7, 11) is -0.269. The van der Waals surface area contributed by atoms with Crippen LogP contribution in [0.15, 0.2) is 58.7 Å². The van der Waals surface area contributed by atoms with Crippen molar-refractivity contribution in [3.05, 3.63) is 54.4 Å². The van der Waals surface area contributed by atoms with Crippen LogP contribution in [0.4, 0.5) is 0 Å². The molecule has 2 rings (SSSR count). The summed E-state index contributed by atoms with van der Waals surface area (Å²) in [6, 6.07) is 10.8. The standard InChI is InChI=1S/C17H23N5O3S.HI/c1-18-17(21-12-14-5-7-15(25-2)8-6-14)20-10-11-22-26(23,24)16-4-3-9-19-13-16;/h3-9,13,22H,10-12H2,1-2H3,(H2,18,20,21);1H. The molecule has 0 bridgehead atoms. The molecule has 0 fully saturated rings. The Hall–Kier alpha value is -1.92. The van der Waals surface area contributed by atoms with Gasteiger partial charge in [0.05, 0.1) is 7.11 Å². The van der Waals surface area contributed by atoms with Crippen molar-refractivity contribution in [3.8, 4) is 5.75 Å². The second-order valence-corrected chi connectivity index (χ2v) is 7.05. The van der Waals surface area contributed by atoms with Gasteiger partial charge in [0.15, 0.2) is 5.96 Å². The number of ether oxygens (including phenoxy) is 1. The molecule has 0 saturated carbocycles. The highest BCUT2D eigenvalue weighted by molar-refractivity contribution is 14.0. The molecule has 0 amide bonds. The molecule has 8 nitrogen and oxygen atoms in total.